The number of primary amides is 1. The number of morpholine rings is 1. The summed E-state index contributed by atoms with van der Waals surface area (Å²) in [6.07, 6.45) is 4.95. The molecule has 10 N–H and O–H groups in total. The third kappa shape index (κ3) is 6.09. The molecule has 0 spiro atoms. The van der Waals surface area contributed by atoms with Crippen molar-refractivity contribution in [2.75, 3.05) is 46.0 Å². The van der Waals surface area contributed by atoms with E-state index in [0.29, 0.717) is 64.0 Å². The first-order valence-corrected chi connectivity index (χ1v) is 15.3. The maximum Gasteiger partial charge on any atom is 0.224 e. The van der Waals surface area contributed by atoms with Crippen LogP contribution in [0.1, 0.15) is 25.7 Å². The SMILES string of the molecule is NC(=O)C1CNC(N[C@H]2CCCC[C@H]2[NH3+])NC1NC1CNC(C2COC3C(=O)C=C(N4CCOCC4)OC32)S1. The van der Waals surface area contributed by atoms with Crippen molar-refractivity contribution in [3.63, 3.8) is 0 Å². The molecule has 0 bridgehead atoms. The van der Waals surface area contributed by atoms with Gasteiger partial charge in [-0.15, -0.1) is 11.8 Å². The summed E-state index contributed by atoms with van der Waals surface area (Å²) in [5.74, 6) is -0.110. The molecular weight excluding hydrogens is 524 g/mol. The molecule has 0 aromatic heterocycles. The maximum atomic E-state index is 12.9. The number of thioether (sulfide) groups is 1. The molecule has 1 saturated carbocycles. The van der Waals surface area contributed by atoms with Crippen LogP contribution in [0.15, 0.2) is 12.0 Å². The van der Waals surface area contributed by atoms with Crippen molar-refractivity contribution in [1.29, 1.82) is 0 Å². The van der Waals surface area contributed by atoms with Gasteiger partial charge in [-0.05, 0) is 12.8 Å². The van der Waals surface area contributed by atoms with Crippen molar-refractivity contribution < 1.29 is 29.5 Å². The molecule has 5 fully saturated rings. The van der Waals surface area contributed by atoms with Crippen molar-refractivity contribution in [2.45, 2.75) is 73.2 Å². The number of nitrogens with one attached hydrogen (secondary N) is 5. The van der Waals surface area contributed by atoms with Gasteiger partial charge < -0.3 is 35.9 Å². The number of nitrogens with zero attached hydrogens (tertiary/aromatic N) is 1. The van der Waals surface area contributed by atoms with E-state index in [9.17, 15) is 9.59 Å². The van der Waals surface area contributed by atoms with Crippen LogP contribution in [-0.2, 0) is 23.8 Å². The monoisotopic (exact) mass is 567 g/mol. The largest absolute Gasteiger partial charge is 0.472 e. The number of hydrogen-bond donors (Lipinski definition) is 7. The molecule has 5 aliphatic heterocycles. The van der Waals surface area contributed by atoms with E-state index in [1.165, 1.54) is 12.8 Å². The highest BCUT2D eigenvalue weighted by atomic mass is 32.2. The molecule has 5 heterocycles. The van der Waals surface area contributed by atoms with Crippen molar-refractivity contribution in [3.8, 4) is 0 Å². The third-order valence-corrected chi connectivity index (χ3v) is 10.3. The zero-order chi connectivity index (χ0) is 26.9. The van der Waals surface area contributed by atoms with E-state index < -0.39 is 6.10 Å². The molecule has 0 aromatic rings. The fraction of sp³-hybridized carbons (Fsp3) is 0.840. The highest BCUT2D eigenvalue weighted by molar-refractivity contribution is 8.00. The van der Waals surface area contributed by atoms with E-state index in [-0.39, 0.29) is 52.8 Å². The minimum atomic E-state index is -0.567. The molecule has 8 unspecified atom stereocenters. The number of quaternary nitrogens is 1. The van der Waals surface area contributed by atoms with Crippen LogP contribution in [0.3, 0.4) is 0 Å². The Balaban J connectivity index is 1.06. The van der Waals surface area contributed by atoms with Crippen LogP contribution in [0.2, 0.25) is 0 Å². The molecule has 0 aromatic carbocycles. The topological polar surface area (TPSA) is 179 Å². The van der Waals surface area contributed by atoms with Gasteiger partial charge in [-0.25, -0.2) is 0 Å². The van der Waals surface area contributed by atoms with E-state index in [1.54, 1.807) is 17.8 Å². The summed E-state index contributed by atoms with van der Waals surface area (Å²) >= 11 is 1.76. The molecule has 1 amide bonds. The lowest BCUT2D eigenvalue weighted by atomic mass is 9.91. The number of carbonyl (C=O) groups is 2. The van der Waals surface area contributed by atoms with Crippen LogP contribution in [0.25, 0.3) is 0 Å². The van der Waals surface area contributed by atoms with E-state index in [0.717, 1.165) is 12.8 Å². The quantitative estimate of drug-likeness (QED) is 0.164. The van der Waals surface area contributed by atoms with Gasteiger partial charge in [0.05, 0.1) is 54.7 Å². The first-order valence-electron chi connectivity index (χ1n) is 14.4. The summed E-state index contributed by atoms with van der Waals surface area (Å²) in [4.78, 5) is 27.2. The Morgan fingerprint density at radius 2 is 1.97 bits per heavy atom. The number of carbonyl (C=O) groups excluding carboxylic acids is 2. The van der Waals surface area contributed by atoms with Gasteiger partial charge in [0, 0.05) is 44.6 Å². The van der Waals surface area contributed by atoms with E-state index in [2.05, 4.69) is 37.2 Å². The first-order chi connectivity index (χ1) is 19.0. The highest BCUT2D eigenvalue weighted by Gasteiger charge is 2.51. The molecule has 1 aliphatic carbocycles. The van der Waals surface area contributed by atoms with Crippen LogP contribution < -0.4 is 38.1 Å². The Morgan fingerprint density at radius 3 is 2.77 bits per heavy atom. The van der Waals surface area contributed by atoms with E-state index in [4.69, 9.17) is 19.9 Å². The Hall–Kier alpha value is -1.49. The zero-order valence-electron chi connectivity index (χ0n) is 22.3. The minimum Gasteiger partial charge on any atom is -0.472 e. The van der Waals surface area contributed by atoms with Crippen LogP contribution in [0, 0.1) is 11.8 Å². The van der Waals surface area contributed by atoms with Crippen molar-refractivity contribution in [1.82, 2.24) is 31.5 Å². The highest BCUT2D eigenvalue weighted by Crippen LogP contribution is 2.39. The van der Waals surface area contributed by atoms with Gasteiger partial charge in [0.2, 0.25) is 5.91 Å². The van der Waals surface area contributed by atoms with Gasteiger partial charge >= 0.3 is 0 Å². The van der Waals surface area contributed by atoms with Crippen molar-refractivity contribution in [2.24, 2.45) is 17.6 Å². The summed E-state index contributed by atoms with van der Waals surface area (Å²) in [5.41, 5.74) is 10.1. The lowest BCUT2D eigenvalue weighted by Crippen LogP contribution is -2.76. The number of rotatable bonds is 7. The average molecular weight is 568 g/mol. The zero-order valence-corrected chi connectivity index (χ0v) is 23.1. The molecule has 218 valence electrons. The number of hydrogen-bond acceptors (Lipinski definition) is 12. The summed E-state index contributed by atoms with van der Waals surface area (Å²) in [6, 6.07) is 0.717. The molecule has 6 aliphatic rings. The predicted molar refractivity (Wildman–Crippen MR) is 143 cm³/mol. The van der Waals surface area contributed by atoms with Gasteiger partial charge in [0.1, 0.15) is 12.4 Å². The fourth-order valence-electron chi connectivity index (χ4n) is 6.55. The summed E-state index contributed by atoms with van der Waals surface area (Å²) in [7, 11) is 0. The molecule has 6 rings (SSSR count). The molecular formula is C25H43N8O5S+. The Bertz CT molecular complexity index is 938. The number of ketones is 1. The van der Waals surface area contributed by atoms with Crippen LogP contribution in [-0.4, -0.2) is 110 Å². The smallest absolute Gasteiger partial charge is 0.224 e. The normalized spacial score (nSPS) is 43.1. The van der Waals surface area contributed by atoms with E-state index >= 15 is 0 Å². The van der Waals surface area contributed by atoms with Gasteiger partial charge in [0.15, 0.2) is 17.8 Å². The van der Waals surface area contributed by atoms with Gasteiger partial charge in [0.25, 0.3) is 0 Å². The fourth-order valence-corrected chi connectivity index (χ4v) is 7.95. The molecule has 13 nitrogen and oxygen atoms in total. The number of amides is 1. The molecule has 10 atom stereocenters. The summed E-state index contributed by atoms with van der Waals surface area (Å²) in [6.45, 7) is 4.33. The van der Waals surface area contributed by atoms with Crippen LogP contribution in [0.5, 0.6) is 0 Å². The van der Waals surface area contributed by atoms with Crippen LogP contribution >= 0.6 is 11.8 Å². The van der Waals surface area contributed by atoms with Gasteiger partial charge in [-0.1, -0.05) is 6.42 Å². The standard InChI is InChI=1S/C25H42N8O5S/c26-15-3-1-2-4-16(15)30-25-29-10-13(22(27)35)23(32-25)31-18-11-28-24(39-18)14-12-37-21-17(34)9-19(38-20(14)21)33-5-7-36-8-6-33/h9,13-16,18,20-21,23-25,28-32H,1-8,10-12,26H2,(H2,27,35)/p+1/t13?,14?,15-,16+,18?,20?,21?,23?,24?,25?/m1/s1. The molecule has 0 radical (unpaired) electrons. The molecule has 39 heavy (non-hydrogen) atoms. The lowest BCUT2D eigenvalue weighted by molar-refractivity contribution is -0.431. The third-order valence-electron chi connectivity index (χ3n) is 8.83. The van der Waals surface area contributed by atoms with Gasteiger partial charge in [-0.3, -0.25) is 30.9 Å². The minimum absolute atomic E-state index is 0.0168. The number of fused-ring (bicyclic) bond motifs is 1. The second-order valence-corrected chi connectivity index (χ2v) is 12.8. The Kier molecular flexibility index (Phi) is 8.63. The molecule has 14 heteroatoms. The Morgan fingerprint density at radius 1 is 1.15 bits per heavy atom. The second-order valence-electron chi connectivity index (χ2n) is 11.4. The van der Waals surface area contributed by atoms with E-state index in [1.807, 2.05) is 0 Å². The summed E-state index contributed by atoms with van der Waals surface area (Å²) in [5, 5.41) is 17.9. The first kappa shape index (κ1) is 27.7. The summed E-state index contributed by atoms with van der Waals surface area (Å²) < 4.78 is 17.8. The predicted octanol–water partition coefficient (Wildman–Crippen LogP) is -3.23. The number of nitrogens with two attached hydrogens (primary N) is 1. The second kappa shape index (κ2) is 12.2. The van der Waals surface area contributed by atoms with Crippen molar-refractivity contribution in [3.05, 3.63) is 12.0 Å². The lowest BCUT2D eigenvalue weighted by Gasteiger charge is -2.41. The number of ether oxygens (including phenoxy) is 3. The molecule has 4 saturated heterocycles. The van der Waals surface area contributed by atoms with Gasteiger partial charge in [-0.2, -0.15) is 0 Å². The van der Waals surface area contributed by atoms with Crippen molar-refractivity contribution >= 4 is 23.5 Å². The van der Waals surface area contributed by atoms with Crippen LogP contribution in [0.4, 0.5) is 0 Å². The Labute approximate surface area is 233 Å². The average Bonchev–Trinajstić information content (AvgIpc) is 3.58. The maximum absolute atomic E-state index is 12.9.